The molecule has 0 atom stereocenters. The Morgan fingerprint density at radius 3 is 3.06 bits per heavy atom. The molecule has 1 aromatic carbocycles. The lowest BCUT2D eigenvalue weighted by Crippen LogP contribution is -2.00. The predicted molar refractivity (Wildman–Crippen MR) is 53.5 cm³/mol. The zero-order chi connectivity index (χ0) is 11.5. The summed E-state index contributed by atoms with van der Waals surface area (Å²) in [6.07, 6.45) is 2.66. The monoisotopic (exact) mass is 219 g/mol. The van der Waals surface area contributed by atoms with Crippen molar-refractivity contribution in [2.24, 2.45) is 0 Å². The van der Waals surface area contributed by atoms with E-state index in [-0.39, 0.29) is 5.56 Å². The maximum absolute atomic E-state index is 12.8. The number of hydrogen-bond acceptors (Lipinski definition) is 2. The van der Waals surface area contributed by atoms with Crippen LogP contribution in [0.4, 0.5) is 4.39 Å². The van der Waals surface area contributed by atoms with Crippen LogP contribution in [0, 0.1) is 11.9 Å². The number of carboxylic acid groups (broad SMARTS) is 1. The predicted octanol–water partition coefficient (Wildman–Crippen LogP) is 1.57. The van der Waals surface area contributed by atoms with Crippen molar-refractivity contribution in [2.75, 3.05) is 0 Å². The van der Waals surface area contributed by atoms with E-state index in [1.54, 1.807) is 6.07 Å². The number of hydrogen-bond donors (Lipinski definition) is 1. The fourth-order valence-electron chi connectivity index (χ4n) is 1.33. The second kappa shape index (κ2) is 4.14. The van der Waals surface area contributed by atoms with Gasteiger partial charge in [0.15, 0.2) is 0 Å². The smallest absolute Gasteiger partial charge is 0.338 e. The first-order valence-electron chi connectivity index (χ1n) is 4.57. The molecule has 0 aliphatic rings. The summed E-state index contributed by atoms with van der Waals surface area (Å²) in [6.45, 7) is 0.332. The SMILES string of the molecule is O=C(O)c1cnn(Cc2cc[c]c(F)c2)c1. The molecule has 0 aliphatic carbocycles. The van der Waals surface area contributed by atoms with Crippen LogP contribution in [0.2, 0.25) is 0 Å². The molecule has 81 valence electrons. The van der Waals surface area contributed by atoms with Crippen LogP contribution in [0.3, 0.4) is 0 Å². The van der Waals surface area contributed by atoms with Crippen molar-refractivity contribution >= 4 is 5.97 Å². The van der Waals surface area contributed by atoms with E-state index in [1.165, 1.54) is 29.2 Å². The summed E-state index contributed by atoms with van der Waals surface area (Å²) in [6, 6.07) is 6.90. The Balaban J connectivity index is 2.17. The number of nitrogens with zero attached hydrogens (tertiary/aromatic N) is 2. The molecule has 0 unspecified atom stereocenters. The number of halogens is 1. The van der Waals surface area contributed by atoms with E-state index in [0.717, 1.165) is 0 Å². The molecule has 1 heterocycles. The zero-order valence-electron chi connectivity index (χ0n) is 8.22. The van der Waals surface area contributed by atoms with Gasteiger partial charge in [0.05, 0.1) is 18.3 Å². The highest BCUT2D eigenvalue weighted by atomic mass is 19.1. The van der Waals surface area contributed by atoms with Crippen molar-refractivity contribution < 1.29 is 14.3 Å². The second-order valence-electron chi connectivity index (χ2n) is 3.28. The van der Waals surface area contributed by atoms with Crippen LogP contribution >= 0.6 is 0 Å². The molecule has 5 heteroatoms. The van der Waals surface area contributed by atoms with Gasteiger partial charge in [0.1, 0.15) is 5.82 Å². The van der Waals surface area contributed by atoms with Gasteiger partial charge in [-0.15, -0.1) is 0 Å². The molecule has 0 fully saturated rings. The maximum atomic E-state index is 12.8. The van der Waals surface area contributed by atoms with E-state index in [9.17, 15) is 9.18 Å². The lowest BCUT2D eigenvalue weighted by molar-refractivity contribution is 0.0697. The van der Waals surface area contributed by atoms with Gasteiger partial charge in [-0.25, -0.2) is 9.18 Å². The first kappa shape index (κ1) is 10.4. The lowest BCUT2D eigenvalue weighted by atomic mass is 10.2. The lowest BCUT2D eigenvalue weighted by Gasteiger charge is -2.00. The van der Waals surface area contributed by atoms with Crippen molar-refractivity contribution in [2.45, 2.75) is 6.54 Å². The molecular formula is C11H8FN2O2. The average Bonchev–Trinajstić information content (AvgIpc) is 2.66. The number of rotatable bonds is 3. The largest absolute Gasteiger partial charge is 0.478 e. The Bertz CT molecular complexity index is 522. The van der Waals surface area contributed by atoms with Gasteiger partial charge in [0, 0.05) is 12.3 Å². The van der Waals surface area contributed by atoms with Crippen LogP contribution in [-0.2, 0) is 6.54 Å². The van der Waals surface area contributed by atoms with E-state index >= 15 is 0 Å². The van der Waals surface area contributed by atoms with Gasteiger partial charge >= 0.3 is 5.97 Å². The summed E-state index contributed by atoms with van der Waals surface area (Å²) in [5, 5.41) is 12.6. The van der Waals surface area contributed by atoms with E-state index in [2.05, 4.69) is 11.2 Å². The minimum Gasteiger partial charge on any atom is -0.478 e. The maximum Gasteiger partial charge on any atom is 0.338 e. The van der Waals surface area contributed by atoms with Crippen LogP contribution in [0.15, 0.2) is 30.6 Å². The molecule has 0 aliphatic heterocycles. The molecule has 2 aromatic rings. The van der Waals surface area contributed by atoms with Gasteiger partial charge in [0.25, 0.3) is 0 Å². The molecule has 0 amide bonds. The summed E-state index contributed by atoms with van der Waals surface area (Å²) >= 11 is 0. The fourth-order valence-corrected chi connectivity index (χ4v) is 1.33. The third-order valence-electron chi connectivity index (χ3n) is 2.06. The van der Waals surface area contributed by atoms with E-state index in [1.807, 2.05) is 0 Å². The summed E-state index contributed by atoms with van der Waals surface area (Å²) < 4.78 is 14.3. The molecule has 0 saturated carbocycles. The standard InChI is InChI=1S/C11H8FN2O2/c12-10-3-1-2-8(4-10)6-14-7-9(5-13-14)11(15)16/h1-2,4-5,7H,6H2,(H,15,16). The number of carboxylic acids is 1. The normalized spacial score (nSPS) is 10.3. The second-order valence-corrected chi connectivity index (χ2v) is 3.28. The van der Waals surface area contributed by atoms with Crippen LogP contribution in [0.1, 0.15) is 15.9 Å². The van der Waals surface area contributed by atoms with Crippen molar-refractivity contribution in [1.29, 1.82) is 0 Å². The summed E-state index contributed by atoms with van der Waals surface area (Å²) in [7, 11) is 0. The van der Waals surface area contributed by atoms with Crippen LogP contribution < -0.4 is 0 Å². The van der Waals surface area contributed by atoms with Crippen molar-refractivity contribution in [3.05, 3.63) is 53.6 Å². The van der Waals surface area contributed by atoms with Gasteiger partial charge in [-0.3, -0.25) is 4.68 Å². The molecule has 1 radical (unpaired) electrons. The summed E-state index contributed by atoms with van der Waals surface area (Å²) in [4.78, 5) is 10.6. The highest BCUT2D eigenvalue weighted by Crippen LogP contribution is 2.06. The highest BCUT2D eigenvalue weighted by molar-refractivity contribution is 5.86. The Morgan fingerprint density at radius 1 is 1.62 bits per heavy atom. The Labute approximate surface area is 90.9 Å². The Morgan fingerprint density at radius 2 is 2.44 bits per heavy atom. The molecule has 16 heavy (non-hydrogen) atoms. The number of carbonyl (C=O) groups is 1. The van der Waals surface area contributed by atoms with Crippen molar-refractivity contribution in [3.63, 3.8) is 0 Å². The summed E-state index contributed by atoms with van der Waals surface area (Å²) in [5.74, 6) is -1.47. The molecule has 4 nitrogen and oxygen atoms in total. The Kier molecular flexibility index (Phi) is 2.68. The molecule has 0 spiro atoms. The highest BCUT2D eigenvalue weighted by Gasteiger charge is 2.06. The van der Waals surface area contributed by atoms with Crippen LogP contribution in [0.5, 0.6) is 0 Å². The van der Waals surface area contributed by atoms with Gasteiger partial charge in [-0.2, -0.15) is 5.10 Å². The minimum absolute atomic E-state index is 0.114. The quantitative estimate of drug-likeness (QED) is 0.852. The van der Waals surface area contributed by atoms with Crippen molar-refractivity contribution in [1.82, 2.24) is 9.78 Å². The van der Waals surface area contributed by atoms with Crippen LogP contribution in [0.25, 0.3) is 0 Å². The summed E-state index contributed by atoms with van der Waals surface area (Å²) in [5.41, 5.74) is 0.819. The fraction of sp³-hybridized carbons (Fsp3) is 0.0909. The average molecular weight is 219 g/mol. The van der Waals surface area contributed by atoms with Crippen LogP contribution in [-0.4, -0.2) is 20.9 Å². The van der Waals surface area contributed by atoms with Gasteiger partial charge in [-0.05, 0) is 11.6 Å². The molecule has 0 saturated heterocycles. The third-order valence-corrected chi connectivity index (χ3v) is 2.06. The number of benzene rings is 1. The molecule has 2 rings (SSSR count). The molecule has 1 aromatic heterocycles. The van der Waals surface area contributed by atoms with Gasteiger partial charge in [0.2, 0.25) is 0 Å². The number of aromatic carboxylic acids is 1. The van der Waals surface area contributed by atoms with E-state index in [0.29, 0.717) is 12.1 Å². The zero-order valence-corrected chi connectivity index (χ0v) is 8.22. The third kappa shape index (κ3) is 2.25. The number of aromatic nitrogens is 2. The van der Waals surface area contributed by atoms with E-state index < -0.39 is 11.8 Å². The van der Waals surface area contributed by atoms with Crippen molar-refractivity contribution in [3.8, 4) is 0 Å². The Hall–Kier alpha value is -2.17. The van der Waals surface area contributed by atoms with E-state index in [4.69, 9.17) is 5.11 Å². The molecule has 1 N–H and O–H groups in total. The van der Waals surface area contributed by atoms with Gasteiger partial charge in [-0.1, -0.05) is 12.1 Å². The van der Waals surface area contributed by atoms with Gasteiger partial charge < -0.3 is 5.11 Å². The minimum atomic E-state index is -1.03. The first-order valence-corrected chi connectivity index (χ1v) is 4.57. The first-order chi connectivity index (χ1) is 7.65. The molecule has 0 bridgehead atoms. The molecular weight excluding hydrogens is 211 g/mol. The topological polar surface area (TPSA) is 55.1 Å².